The van der Waals surface area contributed by atoms with Crippen LogP contribution < -0.4 is 5.56 Å². The van der Waals surface area contributed by atoms with E-state index in [9.17, 15) is 9.90 Å². The van der Waals surface area contributed by atoms with Crippen LogP contribution in [0.3, 0.4) is 0 Å². The van der Waals surface area contributed by atoms with E-state index < -0.39 is 6.10 Å². The Morgan fingerprint density at radius 3 is 2.59 bits per heavy atom. The molecule has 1 aromatic carbocycles. The third kappa shape index (κ3) is 3.17. The smallest absolute Gasteiger partial charge is 0.258 e. The molecule has 1 N–H and O–H groups in total. The summed E-state index contributed by atoms with van der Waals surface area (Å²) in [5, 5.41) is 12.5. The fourth-order valence-electron chi connectivity index (χ4n) is 4.06. The molecule has 1 aliphatic carbocycles. The van der Waals surface area contributed by atoms with Gasteiger partial charge in [-0.05, 0) is 37.1 Å². The molecule has 0 saturated heterocycles. The number of thioether (sulfide) groups is 1. The first kappa shape index (κ1) is 18.2. The number of aromatic nitrogens is 3. The Morgan fingerprint density at radius 1 is 1.22 bits per heavy atom. The van der Waals surface area contributed by atoms with Gasteiger partial charge in [-0.2, -0.15) is 0 Å². The molecular weight excluding hydrogens is 358 g/mol. The predicted molar refractivity (Wildman–Crippen MR) is 108 cm³/mol. The minimum absolute atomic E-state index is 0.131. The van der Waals surface area contributed by atoms with E-state index in [1.807, 2.05) is 48.1 Å². The molecule has 1 atom stereocenters. The van der Waals surface area contributed by atoms with E-state index in [2.05, 4.69) is 9.97 Å². The Balaban J connectivity index is 2.01. The summed E-state index contributed by atoms with van der Waals surface area (Å²) in [5.41, 5.74) is 2.47. The van der Waals surface area contributed by atoms with Crippen molar-refractivity contribution >= 4 is 22.8 Å². The molecular formula is C21H23N3O2S. The lowest BCUT2D eigenvalue weighted by Gasteiger charge is -2.22. The van der Waals surface area contributed by atoms with Crippen LogP contribution in [-0.2, 0) is 0 Å². The van der Waals surface area contributed by atoms with E-state index >= 15 is 0 Å². The summed E-state index contributed by atoms with van der Waals surface area (Å²) in [6.07, 6.45) is 6.92. The number of aliphatic hydroxyl groups is 1. The zero-order chi connectivity index (χ0) is 19.0. The van der Waals surface area contributed by atoms with Gasteiger partial charge < -0.3 is 5.11 Å². The van der Waals surface area contributed by atoms with Gasteiger partial charge in [0, 0.05) is 17.6 Å². The zero-order valence-corrected chi connectivity index (χ0v) is 16.4. The van der Waals surface area contributed by atoms with E-state index in [1.54, 1.807) is 6.20 Å². The third-order valence-corrected chi connectivity index (χ3v) is 6.05. The summed E-state index contributed by atoms with van der Waals surface area (Å²) >= 11 is 1.47. The molecule has 5 nitrogen and oxygen atoms in total. The normalized spacial score (nSPS) is 16.1. The average molecular weight is 382 g/mol. The Hall–Kier alpha value is -2.18. The summed E-state index contributed by atoms with van der Waals surface area (Å²) in [6, 6.07) is 9.48. The Bertz CT molecular complexity index is 1030. The van der Waals surface area contributed by atoms with Crippen LogP contribution in [0.1, 0.15) is 54.5 Å². The predicted octanol–water partition coefficient (Wildman–Crippen LogP) is 4.02. The van der Waals surface area contributed by atoms with Gasteiger partial charge in [0.05, 0.1) is 5.56 Å². The molecule has 1 fully saturated rings. The number of pyridine rings is 1. The highest BCUT2D eigenvalue weighted by Crippen LogP contribution is 2.33. The highest BCUT2D eigenvalue weighted by Gasteiger charge is 2.27. The number of hydrogen-bond acceptors (Lipinski definition) is 5. The van der Waals surface area contributed by atoms with Crippen LogP contribution in [0.4, 0.5) is 0 Å². The number of fused-ring (bicyclic) bond motifs is 1. The Morgan fingerprint density at radius 2 is 1.93 bits per heavy atom. The standard InChI is InChI=1S/C21H23N3O2S/c1-13-16-12-22-21(27-2)23-19(16)24(15-10-6-7-11-15)20(26)17(13)18(25)14-8-4-3-5-9-14/h3-5,8-9,12,15,18,25H,6-7,10-11H2,1-2H3. The van der Waals surface area contributed by atoms with Crippen molar-refractivity contribution in [2.45, 2.75) is 49.9 Å². The number of rotatable bonds is 4. The van der Waals surface area contributed by atoms with Crippen LogP contribution in [0.2, 0.25) is 0 Å². The molecule has 0 bridgehead atoms. The maximum atomic E-state index is 13.5. The Labute approximate surface area is 162 Å². The quantitative estimate of drug-likeness (QED) is 0.546. The van der Waals surface area contributed by atoms with Gasteiger partial charge >= 0.3 is 0 Å². The summed E-state index contributed by atoms with van der Waals surface area (Å²) in [4.78, 5) is 22.6. The molecule has 6 heteroatoms. The first-order valence-corrected chi connectivity index (χ1v) is 10.5. The second-order valence-corrected chi connectivity index (χ2v) is 7.83. The van der Waals surface area contributed by atoms with Gasteiger partial charge in [-0.3, -0.25) is 9.36 Å². The maximum absolute atomic E-state index is 13.5. The van der Waals surface area contributed by atoms with Crippen molar-refractivity contribution < 1.29 is 5.11 Å². The van der Waals surface area contributed by atoms with E-state index in [-0.39, 0.29) is 11.6 Å². The van der Waals surface area contributed by atoms with Crippen LogP contribution >= 0.6 is 11.8 Å². The van der Waals surface area contributed by atoms with E-state index in [0.29, 0.717) is 16.4 Å². The molecule has 2 aromatic heterocycles. The topological polar surface area (TPSA) is 68.0 Å². The van der Waals surface area contributed by atoms with Gasteiger partial charge in [-0.25, -0.2) is 9.97 Å². The van der Waals surface area contributed by atoms with Crippen molar-refractivity contribution in [1.82, 2.24) is 14.5 Å². The highest BCUT2D eigenvalue weighted by molar-refractivity contribution is 7.98. The van der Waals surface area contributed by atoms with Crippen LogP contribution in [0, 0.1) is 6.92 Å². The third-order valence-electron chi connectivity index (χ3n) is 5.49. The molecule has 3 aromatic rings. The summed E-state index contributed by atoms with van der Waals surface area (Å²) in [6.45, 7) is 1.88. The molecule has 140 valence electrons. The molecule has 1 saturated carbocycles. The molecule has 0 spiro atoms. The number of aliphatic hydroxyl groups excluding tert-OH is 1. The lowest BCUT2D eigenvalue weighted by atomic mass is 9.96. The first-order chi connectivity index (χ1) is 13.1. The van der Waals surface area contributed by atoms with E-state index in [4.69, 9.17) is 0 Å². The van der Waals surface area contributed by atoms with Crippen LogP contribution in [0.15, 0.2) is 46.5 Å². The van der Waals surface area contributed by atoms with Gasteiger partial charge in [0.25, 0.3) is 5.56 Å². The first-order valence-electron chi connectivity index (χ1n) is 9.30. The SMILES string of the molecule is CSc1ncc2c(C)c(C(O)c3ccccc3)c(=O)n(C3CCCC3)c2n1. The second kappa shape index (κ2) is 7.44. The molecule has 1 aliphatic rings. The molecule has 4 rings (SSSR count). The zero-order valence-electron chi connectivity index (χ0n) is 15.6. The van der Waals surface area contributed by atoms with E-state index in [1.165, 1.54) is 11.8 Å². The van der Waals surface area contributed by atoms with Crippen LogP contribution in [0.25, 0.3) is 11.0 Å². The molecule has 0 amide bonds. The van der Waals surface area contributed by atoms with Gasteiger partial charge in [0.15, 0.2) is 5.16 Å². The minimum atomic E-state index is -0.962. The van der Waals surface area contributed by atoms with Crippen molar-refractivity contribution in [3.8, 4) is 0 Å². The molecule has 1 unspecified atom stereocenters. The maximum Gasteiger partial charge on any atom is 0.258 e. The fourth-order valence-corrected chi connectivity index (χ4v) is 4.40. The monoisotopic (exact) mass is 381 g/mol. The lowest BCUT2D eigenvalue weighted by Crippen LogP contribution is -2.30. The van der Waals surface area contributed by atoms with Crippen LogP contribution in [-0.4, -0.2) is 25.9 Å². The van der Waals surface area contributed by atoms with Crippen LogP contribution in [0.5, 0.6) is 0 Å². The van der Waals surface area contributed by atoms with Gasteiger partial charge in [0.1, 0.15) is 11.8 Å². The number of hydrogen-bond donors (Lipinski definition) is 1. The van der Waals surface area contributed by atoms with Gasteiger partial charge in [-0.15, -0.1) is 0 Å². The lowest BCUT2D eigenvalue weighted by molar-refractivity contribution is 0.217. The Kier molecular flexibility index (Phi) is 5.02. The van der Waals surface area contributed by atoms with Gasteiger partial charge in [-0.1, -0.05) is 54.9 Å². The number of benzene rings is 1. The van der Waals surface area contributed by atoms with Gasteiger partial charge in [0.2, 0.25) is 0 Å². The highest BCUT2D eigenvalue weighted by atomic mass is 32.2. The minimum Gasteiger partial charge on any atom is -0.383 e. The molecule has 0 radical (unpaired) electrons. The van der Waals surface area contributed by atoms with Crippen molar-refractivity contribution in [1.29, 1.82) is 0 Å². The molecule has 2 heterocycles. The number of aryl methyl sites for hydroxylation is 1. The average Bonchev–Trinajstić information content (AvgIpc) is 3.22. The number of nitrogens with zero attached hydrogens (tertiary/aromatic N) is 3. The van der Waals surface area contributed by atoms with Crippen molar-refractivity contribution in [3.05, 3.63) is 63.6 Å². The summed E-state index contributed by atoms with van der Waals surface area (Å²) in [5.74, 6) is 0. The fraction of sp³-hybridized carbons (Fsp3) is 0.381. The molecule has 0 aliphatic heterocycles. The largest absolute Gasteiger partial charge is 0.383 e. The van der Waals surface area contributed by atoms with Crippen molar-refractivity contribution in [2.75, 3.05) is 6.26 Å². The summed E-state index contributed by atoms with van der Waals surface area (Å²) in [7, 11) is 0. The molecule has 27 heavy (non-hydrogen) atoms. The van der Waals surface area contributed by atoms with Crippen molar-refractivity contribution in [3.63, 3.8) is 0 Å². The second-order valence-electron chi connectivity index (χ2n) is 7.06. The van der Waals surface area contributed by atoms with E-state index in [0.717, 1.165) is 42.2 Å². The van der Waals surface area contributed by atoms with Crippen molar-refractivity contribution in [2.24, 2.45) is 0 Å². The summed E-state index contributed by atoms with van der Waals surface area (Å²) < 4.78 is 1.82.